The summed E-state index contributed by atoms with van der Waals surface area (Å²) >= 11 is 0. The van der Waals surface area contributed by atoms with Gasteiger partial charge < -0.3 is 14.8 Å². The quantitative estimate of drug-likeness (QED) is 0.396. The molecule has 0 spiro atoms. The molecule has 0 saturated heterocycles. The van der Waals surface area contributed by atoms with Crippen molar-refractivity contribution in [3.8, 4) is 11.5 Å². The summed E-state index contributed by atoms with van der Waals surface area (Å²) in [6.45, 7) is 1.21. The third-order valence-corrected chi connectivity index (χ3v) is 4.47. The maximum atomic E-state index is 13.9. The molecular formula is C22H15F5N2O4. The molecule has 33 heavy (non-hydrogen) atoms. The third kappa shape index (κ3) is 5.25. The minimum atomic E-state index is -4.76. The number of rotatable bonds is 5. The van der Waals surface area contributed by atoms with E-state index in [0.717, 1.165) is 31.4 Å². The Morgan fingerprint density at radius 3 is 2.36 bits per heavy atom. The van der Waals surface area contributed by atoms with Crippen LogP contribution in [0.5, 0.6) is 11.5 Å². The van der Waals surface area contributed by atoms with Crippen LogP contribution in [0.4, 0.5) is 27.6 Å². The van der Waals surface area contributed by atoms with Crippen LogP contribution >= 0.6 is 0 Å². The number of amides is 1. The minimum absolute atomic E-state index is 0.0442. The van der Waals surface area contributed by atoms with Gasteiger partial charge in [0.2, 0.25) is 0 Å². The maximum absolute atomic E-state index is 13.9. The first-order valence-corrected chi connectivity index (χ1v) is 9.20. The van der Waals surface area contributed by atoms with Gasteiger partial charge in [-0.05, 0) is 49.4 Å². The number of carbonyl (C=O) groups is 2. The summed E-state index contributed by atoms with van der Waals surface area (Å²) < 4.78 is 77.0. The summed E-state index contributed by atoms with van der Waals surface area (Å²) in [5.74, 6) is -4.67. The Hall–Kier alpha value is -4.02. The lowest BCUT2D eigenvalue weighted by Gasteiger charge is -2.16. The molecule has 0 saturated carbocycles. The molecule has 1 aromatic heterocycles. The van der Waals surface area contributed by atoms with E-state index in [0.29, 0.717) is 12.1 Å². The largest absolute Gasteiger partial charge is 0.464 e. The Kier molecular flexibility index (Phi) is 6.61. The SMILES string of the molecule is COC(=O)c1cc(NC(=O)c2cc(C(F)(F)F)ccc2Oc2ccc(F)c(F)c2C)ccn1. The van der Waals surface area contributed by atoms with Crippen molar-refractivity contribution in [3.63, 3.8) is 0 Å². The number of benzene rings is 2. The highest BCUT2D eigenvalue weighted by Crippen LogP contribution is 2.36. The first-order chi connectivity index (χ1) is 15.5. The van der Waals surface area contributed by atoms with Gasteiger partial charge in [0.25, 0.3) is 5.91 Å². The molecule has 1 heterocycles. The van der Waals surface area contributed by atoms with Crippen LogP contribution in [0.3, 0.4) is 0 Å². The molecule has 11 heteroatoms. The van der Waals surface area contributed by atoms with Crippen molar-refractivity contribution in [2.45, 2.75) is 13.1 Å². The van der Waals surface area contributed by atoms with Crippen molar-refractivity contribution in [2.24, 2.45) is 0 Å². The summed E-state index contributed by atoms with van der Waals surface area (Å²) in [4.78, 5) is 28.2. The Morgan fingerprint density at radius 2 is 1.70 bits per heavy atom. The number of alkyl halides is 3. The fourth-order valence-electron chi connectivity index (χ4n) is 2.76. The number of esters is 1. The lowest BCUT2D eigenvalue weighted by atomic mass is 10.1. The number of halogens is 5. The molecule has 0 bridgehead atoms. The van der Waals surface area contributed by atoms with E-state index in [4.69, 9.17) is 4.74 Å². The van der Waals surface area contributed by atoms with Crippen molar-refractivity contribution >= 4 is 17.6 Å². The summed E-state index contributed by atoms with van der Waals surface area (Å²) in [6, 6.07) is 6.47. The van der Waals surface area contributed by atoms with Gasteiger partial charge in [0.15, 0.2) is 11.6 Å². The van der Waals surface area contributed by atoms with Crippen LogP contribution in [0.15, 0.2) is 48.7 Å². The first-order valence-electron chi connectivity index (χ1n) is 9.20. The fraction of sp³-hybridized carbons (Fsp3) is 0.136. The second-order valence-electron chi connectivity index (χ2n) is 6.67. The summed E-state index contributed by atoms with van der Waals surface area (Å²) in [5.41, 5.74) is -2.01. The lowest BCUT2D eigenvalue weighted by molar-refractivity contribution is -0.137. The zero-order chi connectivity index (χ0) is 24.3. The Bertz CT molecular complexity index is 1230. The molecule has 3 rings (SSSR count). The third-order valence-electron chi connectivity index (χ3n) is 4.47. The molecule has 0 aliphatic carbocycles. The number of aromatic nitrogens is 1. The molecule has 1 N–H and O–H groups in total. The molecular weight excluding hydrogens is 451 g/mol. The van der Waals surface area contributed by atoms with Crippen molar-refractivity contribution < 1.29 is 41.0 Å². The molecule has 6 nitrogen and oxygen atoms in total. The van der Waals surface area contributed by atoms with E-state index < -0.39 is 40.8 Å². The van der Waals surface area contributed by atoms with Gasteiger partial charge in [0.05, 0.1) is 18.2 Å². The molecule has 0 fully saturated rings. The highest BCUT2D eigenvalue weighted by Gasteiger charge is 2.32. The average Bonchev–Trinajstić information content (AvgIpc) is 2.78. The Balaban J connectivity index is 2.01. The van der Waals surface area contributed by atoms with Gasteiger partial charge in [-0.1, -0.05) is 0 Å². The predicted molar refractivity (Wildman–Crippen MR) is 106 cm³/mol. The molecule has 3 aromatic rings. The number of carbonyl (C=O) groups excluding carboxylic acids is 2. The zero-order valence-corrected chi connectivity index (χ0v) is 17.1. The Labute approximate surface area is 184 Å². The second kappa shape index (κ2) is 9.23. The summed E-state index contributed by atoms with van der Waals surface area (Å²) in [5, 5.41) is 2.35. The van der Waals surface area contributed by atoms with Gasteiger partial charge in [-0.15, -0.1) is 0 Å². The van der Waals surface area contributed by atoms with Crippen molar-refractivity contribution in [3.05, 3.63) is 82.7 Å². The van der Waals surface area contributed by atoms with E-state index >= 15 is 0 Å². The number of hydrogen-bond acceptors (Lipinski definition) is 5. The van der Waals surface area contributed by atoms with Gasteiger partial charge >= 0.3 is 12.1 Å². The van der Waals surface area contributed by atoms with E-state index in [1.54, 1.807) is 0 Å². The number of nitrogens with zero attached hydrogens (tertiary/aromatic N) is 1. The van der Waals surface area contributed by atoms with Crippen LogP contribution in [-0.4, -0.2) is 24.0 Å². The summed E-state index contributed by atoms with van der Waals surface area (Å²) in [6.07, 6.45) is -3.57. The van der Waals surface area contributed by atoms with Gasteiger partial charge in [-0.2, -0.15) is 13.2 Å². The minimum Gasteiger partial charge on any atom is -0.464 e. The molecule has 0 atom stereocenters. The van der Waals surface area contributed by atoms with Crippen molar-refractivity contribution in [2.75, 3.05) is 12.4 Å². The van der Waals surface area contributed by atoms with Crippen molar-refractivity contribution in [1.82, 2.24) is 4.98 Å². The highest BCUT2D eigenvalue weighted by atomic mass is 19.4. The molecule has 1 amide bonds. The average molecular weight is 466 g/mol. The van der Waals surface area contributed by atoms with Gasteiger partial charge in [-0.3, -0.25) is 4.79 Å². The molecule has 0 aliphatic rings. The molecule has 172 valence electrons. The second-order valence-corrected chi connectivity index (χ2v) is 6.67. The van der Waals surface area contributed by atoms with E-state index in [-0.39, 0.29) is 28.4 Å². The smallest absolute Gasteiger partial charge is 0.416 e. The van der Waals surface area contributed by atoms with Crippen LogP contribution < -0.4 is 10.1 Å². The first kappa shape index (κ1) is 23.6. The van der Waals surface area contributed by atoms with Crippen molar-refractivity contribution in [1.29, 1.82) is 0 Å². The normalized spacial score (nSPS) is 11.1. The number of hydrogen-bond donors (Lipinski definition) is 1. The van der Waals surface area contributed by atoms with E-state index in [2.05, 4.69) is 15.0 Å². The monoisotopic (exact) mass is 466 g/mol. The van der Waals surface area contributed by atoms with E-state index in [1.165, 1.54) is 19.2 Å². The van der Waals surface area contributed by atoms with Crippen LogP contribution in [0.2, 0.25) is 0 Å². The number of pyridine rings is 1. The molecule has 2 aromatic carbocycles. The van der Waals surface area contributed by atoms with Crippen LogP contribution in [0, 0.1) is 18.6 Å². The Morgan fingerprint density at radius 1 is 1.00 bits per heavy atom. The van der Waals surface area contributed by atoms with Gasteiger partial charge in [0, 0.05) is 17.4 Å². The fourth-order valence-corrected chi connectivity index (χ4v) is 2.76. The van der Waals surface area contributed by atoms with E-state index in [9.17, 15) is 31.5 Å². The standard InChI is InChI=1S/C22H15F5N2O4/c1-11-17(6-4-15(23)19(11)24)33-18-5-3-12(22(25,26)27)9-14(18)20(30)29-13-7-8-28-16(10-13)21(31)32-2/h3-10H,1-2H3,(H,28,29,30). The summed E-state index contributed by atoms with van der Waals surface area (Å²) in [7, 11) is 1.13. The highest BCUT2D eigenvalue weighted by molar-refractivity contribution is 6.06. The van der Waals surface area contributed by atoms with E-state index in [1.807, 2.05) is 0 Å². The lowest BCUT2D eigenvalue weighted by Crippen LogP contribution is -2.16. The molecule has 0 aliphatic heterocycles. The molecule has 0 unspecified atom stereocenters. The number of methoxy groups -OCH3 is 1. The zero-order valence-electron chi connectivity index (χ0n) is 17.1. The van der Waals surface area contributed by atoms with Crippen LogP contribution in [0.25, 0.3) is 0 Å². The number of ether oxygens (including phenoxy) is 2. The maximum Gasteiger partial charge on any atom is 0.416 e. The topological polar surface area (TPSA) is 77.5 Å². The van der Waals surface area contributed by atoms with Crippen LogP contribution in [0.1, 0.15) is 32.0 Å². The predicted octanol–water partition coefficient (Wildman–Crippen LogP) is 5.52. The number of nitrogens with one attached hydrogen (secondary N) is 1. The van der Waals surface area contributed by atoms with Gasteiger partial charge in [-0.25, -0.2) is 18.6 Å². The number of anilines is 1. The molecule has 0 radical (unpaired) electrons. The van der Waals surface area contributed by atoms with Crippen LogP contribution in [-0.2, 0) is 10.9 Å². The van der Waals surface area contributed by atoms with Gasteiger partial charge in [0.1, 0.15) is 17.2 Å².